The zero-order valence-electron chi connectivity index (χ0n) is 9.26. The summed E-state index contributed by atoms with van der Waals surface area (Å²) in [5.74, 6) is 0.180. The Balaban J connectivity index is 3.02. The van der Waals surface area contributed by atoms with Crippen LogP contribution < -0.4 is 0 Å². The molecule has 1 rings (SSSR count). The molecule has 0 aromatic heterocycles. The van der Waals surface area contributed by atoms with E-state index in [0.717, 1.165) is 18.4 Å². The zero-order valence-corrected chi connectivity index (χ0v) is 9.26. The van der Waals surface area contributed by atoms with Crippen molar-refractivity contribution >= 4 is 5.78 Å². The van der Waals surface area contributed by atoms with Gasteiger partial charge < -0.3 is 0 Å². The predicted molar refractivity (Wildman–Crippen MR) is 59.8 cm³/mol. The van der Waals surface area contributed by atoms with Crippen molar-refractivity contribution < 1.29 is 4.79 Å². The lowest BCUT2D eigenvalue weighted by Crippen LogP contribution is -2.01. The number of carbonyl (C=O) groups is 1. The van der Waals surface area contributed by atoms with Crippen LogP contribution in [0.15, 0.2) is 18.2 Å². The third-order valence-corrected chi connectivity index (χ3v) is 2.57. The van der Waals surface area contributed by atoms with Crippen LogP contribution in [0.2, 0.25) is 0 Å². The Morgan fingerprint density at radius 2 is 2.07 bits per heavy atom. The van der Waals surface area contributed by atoms with Crippen molar-refractivity contribution in [2.24, 2.45) is 0 Å². The average Bonchev–Trinajstić information content (AvgIpc) is 2.15. The van der Waals surface area contributed by atoms with Gasteiger partial charge in [-0.15, -0.1) is 0 Å². The Kier molecular flexibility index (Phi) is 3.87. The highest BCUT2D eigenvalue weighted by atomic mass is 16.1. The summed E-state index contributed by atoms with van der Waals surface area (Å²) in [5, 5.41) is 0. The van der Waals surface area contributed by atoms with Gasteiger partial charge in [-0.2, -0.15) is 0 Å². The Morgan fingerprint density at radius 3 is 2.64 bits per heavy atom. The van der Waals surface area contributed by atoms with E-state index in [-0.39, 0.29) is 5.78 Å². The van der Waals surface area contributed by atoms with Crippen molar-refractivity contribution in [1.82, 2.24) is 0 Å². The summed E-state index contributed by atoms with van der Waals surface area (Å²) in [6.45, 7) is 5.90. The maximum Gasteiger partial charge on any atom is 0.160 e. The van der Waals surface area contributed by atoms with Gasteiger partial charge in [0.1, 0.15) is 0 Å². The maximum absolute atomic E-state index is 11.4. The molecular weight excluding hydrogens is 172 g/mol. The zero-order chi connectivity index (χ0) is 10.6. The summed E-state index contributed by atoms with van der Waals surface area (Å²) < 4.78 is 0. The monoisotopic (exact) mass is 190 g/mol. The second-order valence-corrected chi connectivity index (χ2v) is 3.76. The molecule has 1 aromatic carbocycles. The van der Waals surface area contributed by atoms with Crippen LogP contribution >= 0.6 is 0 Å². The van der Waals surface area contributed by atoms with Gasteiger partial charge in [0.05, 0.1) is 0 Å². The topological polar surface area (TPSA) is 17.1 Å². The molecule has 1 heteroatoms. The van der Waals surface area contributed by atoms with Crippen LogP contribution in [-0.4, -0.2) is 5.78 Å². The summed E-state index contributed by atoms with van der Waals surface area (Å²) in [4.78, 5) is 11.4. The van der Waals surface area contributed by atoms with Crippen molar-refractivity contribution in [3.05, 3.63) is 34.9 Å². The highest BCUT2D eigenvalue weighted by molar-refractivity contribution is 5.95. The van der Waals surface area contributed by atoms with Crippen LogP contribution in [0, 0.1) is 6.92 Å². The first-order valence-electron chi connectivity index (χ1n) is 5.26. The molecule has 0 atom stereocenters. The average molecular weight is 190 g/mol. The van der Waals surface area contributed by atoms with Gasteiger partial charge in [-0.3, -0.25) is 4.79 Å². The first-order chi connectivity index (χ1) is 6.66. The molecule has 0 aliphatic carbocycles. The molecule has 14 heavy (non-hydrogen) atoms. The smallest absolute Gasteiger partial charge is 0.160 e. The third kappa shape index (κ3) is 2.44. The molecule has 1 nitrogen and oxygen atoms in total. The lowest BCUT2D eigenvalue weighted by Gasteiger charge is -2.09. The molecule has 0 aliphatic heterocycles. The molecule has 76 valence electrons. The highest BCUT2D eigenvalue weighted by Crippen LogP contribution is 2.17. The number of rotatable bonds is 4. The second kappa shape index (κ2) is 4.94. The molecule has 0 amide bonds. The summed E-state index contributed by atoms with van der Waals surface area (Å²) >= 11 is 0. The van der Waals surface area contributed by atoms with E-state index < -0.39 is 0 Å². The molecule has 0 fully saturated rings. The minimum absolute atomic E-state index is 0.180. The van der Waals surface area contributed by atoms with Gasteiger partial charge in [0.25, 0.3) is 0 Å². The number of benzene rings is 1. The molecule has 0 unspecified atom stereocenters. The Labute approximate surface area is 86.1 Å². The Morgan fingerprint density at radius 1 is 1.36 bits per heavy atom. The van der Waals surface area contributed by atoms with Crippen molar-refractivity contribution in [3.63, 3.8) is 0 Å². The summed E-state index contributed by atoms with van der Waals surface area (Å²) in [7, 11) is 0. The van der Waals surface area contributed by atoms with Crippen LogP contribution in [-0.2, 0) is 6.42 Å². The number of hydrogen-bond donors (Lipinski definition) is 0. The number of Topliss-reactive ketones (excluding diaryl/α,β-unsaturated/α-hetero) is 1. The molecule has 1 aromatic rings. The maximum atomic E-state index is 11.4. The van der Waals surface area contributed by atoms with Crippen LogP contribution in [0.5, 0.6) is 0 Å². The van der Waals surface area contributed by atoms with Gasteiger partial charge in [-0.1, -0.05) is 31.5 Å². The van der Waals surface area contributed by atoms with E-state index in [2.05, 4.69) is 19.9 Å². The first-order valence-corrected chi connectivity index (χ1v) is 5.26. The van der Waals surface area contributed by atoms with Crippen molar-refractivity contribution in [2.45, 2.75) is 40.0 Å². The molecule has 0 bridgehead atoms. The van der Waals surface area contributed by atoms with Crippen molar-refractivity contribution in [2.75, 3.05) is 0 Å². The molecule has 0 spiro atoms. The van der Waals surface area contributed by atoms with Gasteiger partial charge in [0.2, 0.25) is 0 Å². The summed E-state index contributed by atoms with van der Waals surface area (Å²) in [6, 6.07) is 5.97. The van der Waals surface area contributed by atoms with E-state index in [9.17, 15) is 4.79 Å². The predicted octanol–water partition coefficient (Wildman–Crippen LogP) is 3.54. The standard InChI is InChI=1S/C13H18O/c1-4-5-8-12-10(2)7-6-9-13(12)11(3)14/h6-7,9H,4-5,8H2,1-3H3. The summed E-state index contributed by atoms with van der Waals surface area (Å²) in [5.41, 5.74) is 3.38. The van der Waals surface area contributed by atoms with Gasteiger partial charge in [0, 0.05) is 5.56 Å². The molecular formula is C13H18O. The fourth-order valence-corrected chi connectivity index (χ4v) is 1.72. The molecule has 0 N–H and O–H groups in total. The first kappa shape index (κ1) is 11.0. The molecule has 0 saturated carbocycles. The van der Waals surface area contributed by atoms with Gasteiger partial charge in [0.15, 0.2) is 5.78 Å². The SMILES string of the molecule is CCCCc1c(C)cccc1C(C)=O. The lowest BCUT2D eigenvalue weighted by molar-refractivity contribution is 0.101. The van der Waals surface area contributed by atoms with E-state index in [4.69, 9.17) is 0 Å². The van der Waals surface area contributed by atoms with Gasteiger partial charge >= 0.3 is 0 Å². The van der Waals surface area contributed by atoms with Crippen LogP contribution in [0.1, 0.15) is 48.2 Å². The number of hydrogen-bond acceptors (Lipinski definition) is 1. The van der Waals surface area contributed by atoms with Gasteiger partial charge in [-0.25, -0.2) is 0 Å². The lowest BCUT2D eigenvalue weighted by atomic mass is 9.95. The van der Waals surface area contributed by atoms with E-state index >= 15 is 0 Å². The van der Waals surface area contributed by atoms with Crippen LogP contribution in [0.3, 0.4) is 0 Å². The number of ketones is 1. The summed E-state index contributed by atoms with van der Waals surface area (Å²) in [6.07, 6.45) is 3.36. The molecule has 0 aliphatic rings. The normalized spacial score (nSPS) is 10.2. The quantitative estimate of drug-likeness (QED) is 0.664. The largest absolute Gasteiger partial charge is 0.295 e. The molecule has 0 heterocycles. The van der Waals surface area contributed by atoms with E-state index in [1.54, 1.807) is 6.92 Å². The van der Waals surface area contributed by atoms with Crippen LogP contribution in [0.4, 0.5) is 0 Å². The fourth-order valence-electron chi connectivity index (χ4n) is 1.72. The minimum Gasteiger partial charge on any atom is -0.295 e. The Bertz CT molecular complexity index is 326. The second-order valence-electron chi connectivity index (χ2n) is 3.76. The van der Waals surface area contributed by atoms with Crippen LogP contribution in [0.25, 0.3) is 0 Å². The van der Waals surface area contributed by atoms with E-state index in [1.807, 2.05) is 12.1 Å². The van der Waals surface area contributed by atoms with Gasteiger partial charge in [-0.05, 0) is 37.8 Å². The van der Waals surface area contributed by atoms with E-state index in [1.165, 1.54) is 17.5 Å². The minimum atomic E-state index is 0.180. The van der Waals surface area contributed by atoms with Crippen molar-refractivity contribution in [1.29, 1.82) is 0 Å². The number of unbranched alkanes of at least 4 members (excludes halogenated alkanes) is 1. The van der Waals surface area contributed by atoms with E-state index in [0.29, 0.717) is 0 Å². The fraction of sp³-hybridized carbons (Fsp3) is 0.462. The van der Waals surface area contributed by atoms with Crippen molar-refractivity contribution in [3.8, 4) is 0 Å². The third-order valence-electron chi connectivity index (χ3n) is 2.57. The molecule has 0 saturated heterocycles. The Hall–Kier alpha value is -1.11. The number of aryl methyl sites for hydroxylation is 1. The highest BCUT2D eigenvalue weighted by Gasteiger charge is 2.08. The molecule has 0 radical (unpaired) electrons. The number of carbonyl (C=O) groups excluding carboxylic acids is 1.